The van der Waals surface area contributed by atoms with Gasteiger partial charge in [-0.05, 0) is 19.1 Å². The lowest BCUT2D eigenvalue weighted by Crippen LogP contribution is -2.29. The Bertz CT molecular complexity index is 300. The smallest absolute Gasteiger partial charge is 0.246 e. The summed E-state index contributed by atoms with van der Waals surface area (Å²) < 4.78 is 10.5. The van der Waals surface area contributed by atoms with Crippen molar-refractivity contribution in [1.29, 1.82) is 0 Å². The Kier molecular flexibility index (Phi) is 4.63. The molecule has 0 saturated carbocycles. The molecule has 4 nitrogen and oxygen atoms in total. The molecule has 0 aliphatic rings. The number of primary amides is 1. The maximum atomic E-state index is 10.6. The minimum atomic E-state index is -0.565. The standard InChI is InChI=1S/C11H15NO3/c1-9(11(12)13)14-7-8-15-10-5-3-2-4-6-10/h2-6,9H,7-8H2,1H3,(H2,12,13). The minimum Gasteiger partial charge on any atom is -0.491 e. The van der Waals surface area contributed by atoms with Crippen molar-refractivity contribution in [3.8, 4) is 5.75 Å². The summed E-state index contributed by atoms with van der Waals surface area (Å²) in [6.07, 6.45) is -0.565. The highest BCUT2D eigenvalue weighted by molar-refractivity contribution is 5.78. The van der Waals surface area contributed by atoms with Crippen LogP contribution in [0.25, 0.3) is 0 Å². The number of nitrogens with two attached hydrogens (primary N) is 1. The first-order valence-corrected chi connectivity index (χ1v) is 4.79. The number of ether oxygens (including phenoxy) is 2. The van der Waals surface area contributed by atoms with E-state index in [1.54, 1.807) is 6.92 Å². The molecule has 0 saturated heterocycles. The SMILES string of the molecule is CC(OCCOc1ccccc1)C(N)=O. The van der Waals surface area contributed by atoms with E-state index in [1.165, 1.54) is 0 Å². The summed E-state index contributed by atoms with van der Waals surface area (Å²) in [7, 11) is 0. The van der Waals surface area contributed by atoms with Gasteiger partial charge in [-0.2, -0.15) is 0 Å². The lowest BCUT2D eigenvalue weighted by atomic mass is 10.3. The van der Waals surface area contributed by atoms with Gasteiger partial charge in [0.2, 0.25) is 5.91 Å². The highest BCUT2D eigenvalue weighted by atomic mass is 16.5. The molecule has 4 heteroatoms. The first-order chi connectivity index (χ1) is 7.20. The van der Waals surface area contributed by atoms with Crippen LogP contribution < -0.4 is 10.5 Å². The van der Waals surface area contributed by atoms with Crippen molar-refractivity contribution in [3.05, 3.63) is 30.3 Å². The molecule has 1 rings (SSSR count). The molecule has 1 aromatic carbocycles. The summed E-state index contributed by atoms with van der Waals surface area (Å²) in [5.74, 6) is 0.322. The zero-order chi connectivity index (χ0) is 11.1. The van der Waals surface area contributed by atoms with E-state index in [0.29, 0.717) is 13.2 Å². The summed E-state index contributed by atoms with van der Waals surface area (Å²) in [4.78, 5) is 10.6. The fourth-order valence-electron chi connectivity index (χ4n) is 0.983. The largest absolute Gasteiger partial charge is 0.491 e. The Morgan fingerprint density at radius 3 is 2.60 bits per heavy atom. The number of rotatable bonds is 6. The van der Waals surface area contributed by atoms with Crippen LogP contribution in [0.3, 0.4) is 0 Å². The topological polar surface area (TPSA) is 61.6 Å². The van der Waals surface area contributed by atoms with E-state index < -0.39 is 12.0 Å². The second kappa shape index (κ2) is 6.03. The molecule has 15 heavy (non-hydrogen) atoms. The summed E-state index contributed by atoms with van der Waals surface area (Å²) in [6.45, 7) is 2.37. The third-order valence-electron chi connectivity index (χ3n) is 1.86. The monoisotopic (exact) mass is 209 g/mol. The van der Waals surface area contributed by atoms with Gasteiger partial charge in [0, 0.05) is 0 Å². The number of benzene rings is 1. The molecular weight excluding hydrogens is 194 g/mol. The molecule has 0 spiro atoms. The van der Waals surface area contributed by atoms with Crippen molar-refractivity contribution in [2.75, 3.05) is 13.2 Å². The highest BCUT2D eigenvalue weighted by Crippen LogP contribution is 2.07. The molecule has 82 valence electrons. The minimum absolute atomic E-state index is 0.346. The van der Waals surface area contributed by atoms with E-state index in [4.69, 9.17) is 15.2 Å². The van der Waals surface area contributed by atoms with Crippen molar-refractivity contribution in [2.24, 2.45) is 5.73 Å². The van der Waals surface area contributed by atoms with Gasteiger partial charge in [-0.15, -0.1) is 0 Å². The summed E-state index contributed by atoms with van der Waals surface area (Å²) >= 11 is 0. The fourth-order valence-corrected chi connectivity index (χ4v) is 0.983. The van der Waals surface area contributed by atoms with Crippen LogP contribution in [0.15, 0.2) is 30.3 Å². The lowest BCUT2D eigenvalue weighted by molar-refractivity contribution is -0.128. The zero-order valence-corrected chi connectivity index (χ0v) is 8.68. The number of carbonyl (C=O) groups is 1. The van der Waals surface area contributed by atoms with E-state index in [-0.39, 0.29) is 0 Å². The zero-order valence-electron chi connectivity index (χ0n) is 8.68. The van der Waals surface area contributed by atoms with Crippen LogP contribution in [-0.2, 0) is 9.53 Å². The van der Waals surface area contributed by atoms with Crippen LogP contribution in [0.1, 0.15) is 6.92 Å². The molecule has 0 bridgehead atoms. The van der Waals surface area contributed by atoms with Gasteiger partial charge >= 0.3 is 0 Å². The number of para-hydroxylation sites is 1. The maximum absolute atomic E-state index is 10.6. The Balaban J connectivity index is 2.15. The van der Waals surface area contributed by atoms with Gasteiger partial charge in [0.15, 0.2) is 0 Å². The van der Waals surface area contributed by atoms with Crippen LogP contribution in [0, 0.1) is 0 Å². The molecule has 0 aliphatic carbocycles. The van der Waals surface area contributed by atoms with Crippen molar-refractivity contribution in [1.82, 2.24) is 0 Å². The lowest BCUT2D eigenvalue weighted by Gasteiger charge is -2.10. The Hall–Kier alpha value is -1.55. The van der Waals surface area contributed by atoms with Crippen molar-refractivity contribution >= 4 is 5.91 Å². The molecule has 0 aromatic heterocycles. The highest BCUT2D eigenvalue weighted by Gasteiger charge is 2.07. The molecule has 2 N–H and O–H groups in total. The molecule has 0 aliphatic heterocycles. The molecule has 0 heterocycles. The van der Waals surface area contributed by atoms with E-state index >= 15 is 0 Å². The Labute approximate surface area is 89.0 Å². The van der Waals surface area contributed by atoms with Gasteiger partial charge in [-0.25, -0.2) is 0 Å². The van der Waals surface area contributed by atoms with Crippen molar-refractivity contribution < 1.29 is 14.3 Å². The van der Waals surface area contributed by atoms with Gasteiger partial charge in [0.1, 0.15) is 18.5 Å². The molecule has 0 radical (unpaired) electrons. The van der Waals surface area contributed by atoms with Gasteiger partial charge in [-0.3, -0.25) is 4.79 Å². The third-order valence-corrected chi connectivity index (χ3v) is 1.86. The van der Waals surface area contributed by atoms with E-state index in [0.717, 1.165) is 5.75 Å². The van der Waals surface area contributed by atoms with E-state index in [2.05, 4.69) is 0 Å². The predicted molar refractivity (Wildman–Crippen MR) is 56.5 cm³/mol. The molecule has 1 amide bonds. The number of carbonyl (C=O) groups excluding carboxylic acids is 1. The third kappa shape index (κ3) is 4.46. The average molecular weight is 209 g/mol. The van der Waals surface area contributed by atoms with Crippen LogP contribution in [0.2, 0.25) is 0 Å². The number of hydrogen-bond donors (Lipinski definition) is 1. The fraction of sp³-hybridized carbons (Fsp3) is 0.364. The molecule has 0 fully saturated rings. The summed E-state index contributed by atoms with van der Waals surface area (Å²) in [5.41, 5.74) is 5.02. The van der Waals surface area contributed by atoms with Gasteiger partial charge in [-0.1, -0.05) is 18.2 Å². The summed E-state index contributed by atoms with van der Waals surface area (Å²) in [5, 5.41) is 0. The van der Waals surface area contributed by atoms with Gasteiger partial charge < -0.3 is 15.2 Å². The first kappa shape index (κ1) is 11.5. The second-order valence-electron chi connectivity index (χ2n) is 3.08. The molecule has 1 unspecified atom stereocenters. The van der Waals surface area contributed by atoms with Gasteiger partial charge in [0.25, 0.3) is 0 Å². The Morgan fingerprint density at radius 1 is 1.33 bits per heavy atom. The summed E-state index contributed by atoms with van der Waals surface area (Å²) in [6, 6.07) is 9.41. The van der Waals surface area contributed by atoms with Crippen LogP contribution in [0.4, 0.5) is 0 Å². The average Bonchev–Trinajstić information content (AvgIpc) is 2.25. The van der Waals surface area contributed by atoms with E-state index in [9.17, 15) is 4.79 Å². The first-order valence-electron chi connectivity index (χ1n) is 4.79. The van der Waals surface area contributed by atoms with Gasteiger partial charge in [0.05, 0.1) is 6.61 Å². The van der Waals surface area contributed by atoms with Crippen molar-refractivity contribution in [2.45, 2.75) is 13.0 Å². The number of hydrogen-bond acceptors (Lipinski definition) is 3. The van der Waals surface area contributed by atoms with Crippen molar-refractivity contribution in [3.63, 3.8) is 0 Å². The second-order valence-corrected chi connectivity index (χ2v) is 3.08. The Morgan fingerprint density at radius 2 is 2.00 bits per heavy atom. The molecular formula is C11H15NO3. The molecule has 1 aromatic rings. The number of amides is 1. The maximum Gasteiger partial charge on any atom is 0.246 e. The van der Waals surface area contributed by atoms with Crippen LogP contribution in [0.5, 0.6) is 5.75 Å². The molecule has 1 atom stereocenters. The normalized spacial score (nSPS) is 12.1. The van der Waals surface area contributed by atoms with Crippen LogP contribution >= 0.6 is 0 Å². The predicted octanol–water partition coefficient (Wildman–Crippen LogP) is 0.956. The van der Waals surface area contributed by atoms with E-state index in [1.807, 2.05) is 30.3 Å². The quantitative estimate of drug-likeness (QED) is 0.710. The van der Waals surface area contributed by atoms with Crippen LogP contribution in [-0.4, -0.2) is 25.2 Å².